The first kappa shape index (κ1) is 59.7. The van der Waals surface area contributed by atoms with Crippen molar-refractivity contribution in [1.29, 1.82) is 0 Å². The van der Waals surface area contributed by atoms with E-state index in [9.17, 15) is 19.4 Å². The van der Waals surface area contributed by atoms with E-state index >= 15 is 0 Å². The number of nitrogens with one attached hydrogen (secondary N) is 1. The van der Waals surface area contributed by atoms with E-state index in [2.05, 4.69) is 55.6 Å². The van der Waals surface area contributed by atoms with E-state index in [4.69, 9.17) is 9.05 Å². The molecule has 0 aliphatic carbocycles. The van der Waals surface area contributed by atoms with E-state index in [1.807, 2.05) is 21.1 Å². The molecule has 1 amide bonds. The summed E-state index contributed by atoms with van der Waals surface area (Å²) in [4.78, 5) is 23.2. The molecule has 0 rings (SSSR count). The van der Waals surface area contributed by atoms with Gasteiger partial charge in [-0.3, -0.25) is 13.8 Å². The number of hydrogen-bond acceptors (Lipinski definition) is 5. The van der Waals surface area contributed by atoms with Crippen molar-refractivity contribution in [3.8, 4) is 0 Å². The van der Waals surface area contributed by atoms with Crippen LogP contribution < -0.4 is 5.32 Å². The van der Waals surface area contributed by atoms with Gasteiger partial charge in [-0.15, -0.1) is 0 Å². The van der Waals surface area contributed by atoms with Crippen molar-refractivity contribution >= 4 is 13.7 Å². The standard InChI is InChI=1S/C52H101N2O6P/c1-6-8-10-12-14-16-18-20-22-24-25-26-27-28-30-31-33-35-37-39-41-43-45-51(55)50(49-60-61(57,58)59-48-47-54(3,4)5)53-52(56)46-44-42-40-38-36-34-32-29-23-21-19-17-15-13-11-9-7-2/h9,11,15,17,21,23,50-51,55H,6-8,10,12-14,16,18-20,22,24-49H2,1-5H3,(H-,53,56,57,58)/p+1/b11-9-,17-15-,23-21-. The minimum atomic E-state index is -4.32. The molecular formula is C52H102N2O6P+. The third kappa shape index (κ3) is 46.5. The van der Waals surface area contributed by atoms with Gasteiger partial charge in [-0.2, -0.15) is 0 Å². The lowest BCUT2D eigenvalue weighted by atomic mass is 10.0. The summed E-state index contributed by atoms with van der Waals surface area (Å²) in [6, 6.07) is -0.766. The largest absolute Gasteiger partial charge is 0.472 e. The summed E-state index contributed by atoms with van der Waals surface area (Å²) in [5.74, 6) is -0.153. The number of hydrogen-bond donors (Lipinski definition) is 3. The van der Waals surface area contributed by atoms with Crippen LogP contribution in [0.15, 0.2) is 36.5 Å². The van der Waals surface area contributed by atoms with Crippen molar-refractivity contribution in [3.63, 3.8) is 0 Å². The van der Waals surface area contributed by atoms with Gasteiger partial charge >= 0.3 is 7.82 Å². The van der Waals surface area contributed by atoms with Crippen molar-refractivity contribution in [2.75, 3.05) is 40.9 Å². The van der Waals surface area contributed by atoms with Crippen LogP contribution in [0.25, 0.3) is 0 Å². The first-order valence-electron chi connectivity index (χ1n) is 25.9. The monoisotopic (exact) mass is 882 g/mol. The number of phosphoric acid groups is 1. The van der Waals surface area contributed by atoms with E-state index in [1.165, 1.54) is 148 Å². The van der Waals surface area contributed by atoms with Gasteiger partial charge in [0.25, 0.3) is 0 Å². The van der Waals surface area contributed by atoms with Crippen molar-refractivity contribution in [2.45, 2.75) is 251 Å². The average molecular weight is 882 g/mol. The second kappa shape index (κ2) is 43.9. The average Bonchev–Trinajstić information content (AvgIpc) is 3.21. The molecule has 0 bridgehead atoms. The van der Waals surface area contributed by atoms with Gasteiger partial charge in [0.2, 0.25) is 5.91 Å². The highest BCUT2D eigenvalue weighted by atomic mass is 31.2. The predicted octanol–water partition coefficient (Wildman–Crippen LogP) is 15.0. The molecule has 0 saturated heterocycles. The number of unbranched alkanes of at least 4 members (excludes halogenated alkanes) is 28. The third-order valence-corrected chi connectivity index (χ3v) is 12.6. The highest BCUT2D eigenvalue weighted by molar-refractivity contribution is 7.47. The Balaban J connectivity index is 4.24. The lowest BCUT2D eigenvalue weighted by molar-refractivity contribution is -0.870. The first-order chi connectivity index (χ1) is 29.5. The van der Waals surface area contributed by atoms with Crippen LogP contribution in [0.3, 0.4) is 0 Å². The van der Waals surface area contributed by atoms with Gasteiger partial charge in [-0.25, -0.2) is 4.57 Å². The van der Waals surface area contributed by atoms with Gasteiger partial charge in [0.1, 0.15) is 13.2 Å². The van der Waals surface area contributed by atoms with E-state index in [0.717, 1.165) is 64.2 Å². The van der Waals surface area contributed by atoms with Crippen molar-refractivity contribution in [1.82, 2.24) is 5.32 Å². The molecule has 0 aliphatic rings. The predicted molar refractivity (Wildman–Crippen MR) is 263 cm³/mol. The number of carbonyl (C=O) groups is 1. The SMILES string of the molecule is CC/C=C\C/C=C\C/C=C\CCCCCCCCCC(=O)NC(COP(=O)(O)OCC[N+](C)(C)C)C(O)CCCCCCCCCCCCCCCCCCCCCCCC. The molecular weight excluding hydrogens is 780 g/mol. The zero-order valence-electron chi connectivity index (χ0n) is 40.9. The van der Waals surface area contributed by atoms with E-state index in [-0.39, 0.29) is 19.1 Å². The minimum Gasteiger partial charge on any atom is -0.391 e. The molecule has 0 aliphatic heterocycles. The molecule has 0 aromatic heterocycles. The number of carbonyl (C=O) groups excluding carboxylic acids is 1. The lowest BCUT2D eigenvalue weighted by Gasteiger charge is -2.26. The van der Waals surface area contributed by atoms with Crippen LogP contribution in [-0.2, 0) is 18.4 Å². The Morgan fingerprint density at radius 2 is 0.984 bits per heavy atom. The Kier molecular flexibility index (Phi) is 43.0. The zero-order valence-corrected chi connectivity index (χ0v) is 41.8. The fourth-order valence-electron chi connectivity index (χ4n) is 7.59. The number of quaternary nitrogens is 1. The molecule has 3 N–H and O–H groups in total. The van der Waals surface area contributed by atoms with Gasteiger partial charge in [0.05, 0.1) is 39.9 Å². The van der Waals surface area contributed by atoms with Gasteiger partial charge in [-0.05, 0) is 44.9 Å². The maximum absolute atomic E-state index is 12.9. The Morgan fingerprint density at radius 1 is 0.574 bits per heavy atom. The molecule has 0 saturated carbocycles. The van der Waals surface area contributed by atoms with Crippen LogP contribution in [0.2, 0.25) is 0 Å². The van der Waals surface area contributed by atoms with Gasteiger partial charge in [-0.1, -0.05) is 224 Å². The molecule has 61 heavy (non-hydrogen) atoms. The molecule has 3 unspecified atom stereocenters. The number of allylic oxidation sites excluding steroid dienone is 6. The fraction of sp³-hybridized carbons (Fsp3) is 0.865. The molecule has 0 fully saturated rings. The number of aliphatic hydroxyl groups is 1. The molecule has 8 nitrogen and oxygen atoms in total. The third-order valence-electron chi connectivity index (χ3n) is 11.7. The number of phosphoric ester groups is 1. The molecule has 9 heteroatoms. The smallest absolute Gasteiger partial charge is 0.391 e. The number of rotatable bonds is 47. The summed E-state index contributed by atoms with van der Waals surface area (Å²) in [7, 11) is 1.61. The molecule has 0 aromatic carbocycles. The second-order valence-corrected chi connectivity index (χ2v) is 20.3. The Morgan fingerprint density at radius 3 is 1.44 bits per heavy atom. The van der Waals surface area contributed by atoms with Crippen LogP contribution in [0.1, 0.15) is 239 Å². The highest BCUT2D eigenvalue weighted by Crippen LogP contribution is 2.43. The van der Waals surface area contributed by atoms with E-state index < -0.39 is 20.0 Å². The van der Waals surface area contributed by atoms with Crippen LogP contribution in [-0.4, -0.2) is 73.4 Å². The minimum absolute atomic E-state index is 0.0722. The van der Waals surface area contributed by atoms with Crippen LogP contribution in [0, 0.1) is 0 Å². The Labute approximate surface area is 378 Å². The maximum atomic E-state index is 12.9. The van der Waals surface area contributed by atoms with Crippen molar-refractivity contribution in [2.24, 2.45) is 0 Å². The normalized spacial score (nSPS) is 14.4. The second-order valence-electron chi connectivity index (χ2n) is 18.9. The van der Waals surface area contributed by atoms with Gasteiger partial charge < -0.3 is 19.8 Å². The van der Waals surface area contributed by atoms with Crippen LogP contribution >= 0.6 is 7.82 Å². The topological polar surface area (TPSA) is 105 Å². The summed E-state index contributed by atoms with van der Waals surface area (Å²) in [5, 5.41) is 14.0. The maximum Gasteiger partial charge on any atom is 0.472 e. The van der Waals surface area contributed by atoms with E-state index in [0.29, 0.717) is 23.9 Å². The summed E-state index contributed by atoms with van der Waals surface area (Å²) in [6.45, 7) is 4.79. The number of likely N-dealkylation sites (N-methyl/N-ethyl adjacent to an activating group) is 1. The summed E-state index contributed by atoms with van der Waals surface area (Å²) in [5.41, 5.74) is 0. The molecule has 0 aromatic rings. The van der Waals surface area contributed by atoms with Gasteiger partial charge in [0.15, 0.2) is 0 Å². The highest BCUT2D eigenvalue weighted by Gasteiger charge is 2.28. The number of aliphatic hydroxyl groups excluding tert-OH is 1. The summed E-state index contributed by atoms with van der Waals surface area (Å²) >= 11 is 0. The molecule has 0 radical (unpaired) electrons. The van der Waals surface area contributed by atoms with Crippen molar-refractivity contribution < 1.29 is 32.9 Å². The number of amides is 1. The molecule has 0 heterocycles. The zero-order chi connectivity index (χ0) is 45.0. The Bertz CT molecular complexity index is 1090. The Hall–Kier alpha value is -1.28. The van der Waals surface area contributed by atoms with Crippen LogP contribution in [0.4, 0.5) is 0 Å². The molecule has 360 valence electrons. The molecule has 0 spiro atoms. The quantitative estimate of drug-likeness (QED) is 0.0243. The van der Waals surface area contributed by atoms with Gasteiger partial charge in [0, 0.05) is 6.42 Å². The molecule has 3 atom stereocenters. The summed E-state index contributed by atoms with van der Waals surface area (Å²) < 4.78 is 23.7. The fourth-order valence-corrected chi connectivity index (χ4v) is 8.33. The van der Waals surface area contributed by atoms with Crippen LogP contribution in [0.5, 0.6) is 0 Å². The number of nitrogens with zero attached hydrogens (tertiary/aromatic N) is 1. The summed E-state index contributed by atoms with van der Waals surface area (Å²) in [6.07, 6.45) is 54.7. The van der Waals surface area contributed by atoms with Crippen molar-refractivity contribution in [3.05, 3.63) is 36.5 Å². The first-order valence-corrected chi connectivity index (χ1v) is 27.3. The van der Waals surface area contributed by atoms with E-state index in [1.54, 1.807) is 0 Å². The lowest BCUT2D eigenvalue weighted by Crippen LogP contribution is -2.46.